The molecule has 1 fully saturated rings. The third-order valence-electron chi connectivity index (χ3n) is 6.41. The fourth-order valence-electron chi connectivity index (χ4n) is 4.71. The maximum atomic E-state index is 13.3. The van der Waals surface area contributed by atoms with Crippen LogP contribution in [0.1, 0.15) is 31.0 Å². The lowest BCUT2D eigenvalue weighted by Crippen LogP contribution is -2.54. The summed E-state index contributed by atoms with van der Waals surface area (Å²) < 4.78 is 0. The average Bonchev–Trinajstić information content (AvgIpc) is 2.86. The Morgan fingerprint density at radius 3 is 2.39 bits per heavy atom. The molecule has 5 heteroatoms. The summed E-state index contributed by atoms with van der Waals surface area (Å²) in [6.45, 7) is 3.63. The Kier molecular flexibility index (Phi) is 7.18. The molecule has 2 heterocycles. The molecule has 33 heavy (non-hydrogen) atoms. The molecule has 1 N–H and O–H groups in total. The van der Waals surface area contributed by atoms with Crippen molar-refractivity contribution < 1.29 is 9.59 Å². The first-order chi connectivity index (χ1) is 16.1. The third-order valence-corrected chi connectivity index (χ3v) is 6.41. The molecule has 0 saturated carbocycles. The lowest BCUT2D eigenvalue weighted by Gasteiger charge is -2.42. The van der Waals surface area contributed by atoms with Crippen molar-refractivity contribution in [1.82, 2.24) is 15.2 Å². The predicted octanol–water partition coefficient (Wildman–Crippen LogP) is 4.28. The molecule has 0 aliphatic carbocycles. The highest BCUT2D eigenvalue weighted by Gasteiger charge is 2.43. The largest absolute Gasteiger partial charge is 0.356 e. The Balaban J connectivity index is 1.53. The van der Waals surface area contributed by atoms with Gasteiger partial charge in [-0.1, -0.05) is 60.7 Å². The van der Waals surface area contributed by atoms with Crippen molar-refractivity contribution >= 4 is 11.8 Å². The van der Waals surface area contributed by atoms with Crippen LogP contribution in [0.5, 0.6) is 0 Å². The molecule has 1 aliphatic heterocycles. The van der Waals surface area contributed by atoms with Crippen molar-refractivity contribution in [1.29, 1.82) is 0 Å². The van der Waals surface area contributed by atoms with E-state index < -0.39 is 5.41 Å². The summed E-state index contributed by atoms with van der Waals surface area (Å²) in [6.07, 6.45) is 4.16. The van der Waals surface area contributed by atoms with Gasteiger partial charge in [0.15, 0.2) is 0 Å². The van der Waals surface area contributed by atoms with Crippen LogP contribution in [0.15, 0.2) is 79.0 Å². The number of amides is 2. The second-order valence-electron chi connectivity index (χ2n) is 8.80. The number of nitrogens with one attached hydrogen (secondary N) is 1. The van der Waals surface area contributed by atoms with E-state index in [4.69, 9.17) is 0 Å². The van der Waals surface area contributed by atoms with Gasteiger partial charge in [-0.25, -0.2) is 0 Å². The summed E-state index contributed by atoms with van der Waals surface area (Å²) in [5.41, 5.74) is 3.57. The molecule has 1 saturated heterocycles. The minimum atomic E-state index is -0.623. The Morgan fingerprint density at radius 1 is 0.970 bits per heavy atom. The van der Waals surface area contributed by atoms with Gasteiger partial charge in [0.25, 0.3) is 0 Å². The van der Waals surface area contributed by atoms with Crippen molar-refractivity contribution in [3.05, 3.63) is 90.3 Å². The van der Waals surface area contributed by atoms with Crippen molar-refractivity contribution in [2.24, 2.45) is 5.41 Å². The van der Waals surface area contributed by atoms with Crippen molar-refractivity contribution in [3.63, 3.8) is 0 Å². The van der Waals surface area contributed by atoms with Crippen LogP contribution in [-0.4, -0.2) is 41.3 Å². The van der Waals surface area contributed by atoms with Crippen molar-refractivity contribution in [2.45, 2.75) is 32.6 Å². The van der Waals surface area contributed by atoms with Gasteiger partial charge in [0, 0.05) is 31.5 Å². The first-order valence-electron chi connectivity index (χ1n) is 11.7. The van der Waals surface area contributed by atoms with Crippen LogP contribution in [-0.2, 0) is 22.4 Å². The lowest BCUT2D eigenvalue weighted by molar-refractivity contribution is -0.141. The topological polar surface area (TPSA) is 62.3 Å². The number of carbonyl (C=O) groups is 2. The molecule has 3 aromatic rings. The first kappa shape index (κ1) is 22.7. The van der Waals surface area contributed by atoms with E-state index in [-0.39, 0.29) is 18.2 Å². The number of pyridine rings is 1. The van der Waals surface area contributed by atoms with Gasteiger partial charge >= 0.3 is 0 Å². The molecule has 4 rings (SSSR count). The van der Waals surface area contributed by atoms with Gasteiger partial charge in [0.05, 0.1) is 11.8 Å². The summed E-state index contributed by atoms with van der Waals surface area (Å²) in [5.74, 6) is 0.0639. The number of aromatic nitrogens is 1. The first-order valence-corrected chi connectivity index (χ1v) is 11.7. The smallest absolute Gasteiger partial charge is 0.228 e. The predicted molar refractivity (Wildman–Crippen MR) is 130 cm³/mol. The standard InChI is InChI=1S/C28H31N3O2/c1-2-29-27(33)28(20-22-12-14-24(15-13-22)23-9-4-3-5-10-23)16-8-18-31(21-28)26(32)19-25-11-6-7-17-30-25/h3-7,9-15,17H,2,8,16,18-21H2,1H3,(H,29,33). The van der Waals surface area contributed by atoms with Crippen molar-refractivity contribution in [2.75, 3.05) is 19.6 Å². The number of likely N-dealkylation sites (tertiary alicyclic amines) is 1. The second kappa shape index (κ2) is 10.4. The Labute approximate surface area is 195 Å². The van der Waals surface area contributed by atoms with E-state index in [0.717, 1.165) is 29.7 Å². The minimum Gasteiger partial charge on any atom is -0.356 e. The summed E-state index contributed by atoms with van der Waals surface area (Å²) in [5, 5.41) is 3.03. The minimum absolute atomic E-state index is 0.0292. The number of hydrogen-bond acceptors (Lipinski definition) is 3. The molecule has 1 aliphatic rings. The number of rotatable bonds is 7. The van der Waals surface area contributed by atoms with E-state index in [1.165, 1.54) is 5.56 Å². The fourth-order valence-corrected chi connectivity index (χ4v) is 4.71. The van der Waals surface area contributed by atoms with Gasteiger partial charge < -0.3 is 10.2 Å². The lowest BCUT2D eigenvalue weighted by atomic mass is 9.74. The number of hydrogen-bond donors (Lipinski definition) is 1. The molecule has 5 nitrogen and oxygen atoms in total. The Bertz CT molecular complexity index is 1070. The van der Waals surface area contributed by atoms with Crippen molar-refractivity contribution in [3.8, 4) is 11.1 Å². The van der Waals surface area contributed by atoms with E-state index in [1.54, 1.807) is 6.20 Å². The van der Waals surface area contributed by atoms with E-state index in [2.05, 4.69) is 46.7 Å². The number of benzene rings is 2. The molecule has 1 unspecified atom stereocenters. The van der Waals surface area contributed by atoms with Gasteiger partial charge in [-0.15, -0.1) is 0 Å². The summed E-state index contributed by atoms with van der Waals surface area (Å²) in [4.78, 5) is 32.5. The van der Waals surface area contributed by atoms with Gasteiger partial charge in [-0.2, -0.15) is 0 Å². The number of carbonyl (C=O) groups excluding carboxylic acids is 2. The van der Waals surface area contributed by atoms with Crippen LogP contribution in [0.2, 0.25) is 0 Å². The molecule has 0 spiro atoms. The van der Waals surface area contributed by atoms with E-state index in [9.17, 15) is 9.59 Å². The Hall–Kier alpha value is -3.47. The maximum absolute atomic E-state index is 13.3. The normalized spacial score (nSPS) is 18.0. The summed E-state index contributed by atoms with van der Waals surface area (Å²) in [7, 11) is 0. The zero-order valence-corrected chi connectivity index (χ0v) is 19.2. The fraction of sp³-hybridized carbons (Fsp3) is 0.321. The molecular weight excluding hydrogens is 410 g/mol. The van der Waals surface area contributed by atoms with Crippen LogP contribution in [0.25, 0.3) is 11.1 Å². The highest BCUT2D eigenvalue weighted by molar-refractivity contribution is 5.85. The van der Waals surface area contributed by atoms with Crippen LogP contribution in [0.3, 0.4) is 0 Å². The van der Waals surface area contributed by atoms with Crippen LogP contribution < -0.4 is 5.32 Å². The molecule has 1 atom stereocenters. The van der Waals surface area contributed by atoms with Gasteiger partial charge in [0.2, 0.25) is 11.8 Å². The Morgan fingerprint density at radius 2 is 1.70 bits per heavy atom. The molecule has 1 aromatic heterocycles. The molecule has 0 radical (unpaired) electrons. The highest BCUT2D eigenvalue weighted by atomic mass is 16.2. The molecule has 2 amide bonds. The van der Waals surface area contributed by atoms with E-state index >= 15 is 0 Å². The van der Waals surface area contributed by atoms with Gasteiger partial charge in [0.1, 0.15) is 0 Å². The monoisotopic (exact) mass is 441 g/mol. The SMILES string of the molecule is CCNC(=O)C1(Cc2ccc(-c3ccccc3)cc2)CCCN(C(=O)Cc2ccccn2)C1. The molecule has 2 aromatic carbocycles. The zero-order valence-electron chi connectivity index (χ0n) is 19.2. The summed E-state index contributed by atoms with van der Waals surface area (Å²) >= 11 is 0. The van der Waals surface area contributed by atoms with Crippen LogP contribution in [0, 0.1) is 5.41 Å². The van der Waals surface area contributed by atoms with E-state index in [1.807, 2.05) is 48.2 Å². The number of piperidine rings is 1. The quantitative estimate of drug-likeness (QED) is 0.595. The molecule has 170 valence electrons. The van der Waals surface area contributed by atoms with Gasteiger partial charge in [-0.05, 0) is 55.0 Å². The average molecular weight is 442 g/mol. The maximum Gasteiger partial charge on any atom is 0.228 e. The van der Waals surface area contributed by atoms with Crippen LogP contribution in [0.4, 0.5) is 0 Å². The van der Waals surface area contributed by atoms with E-state index in [0.29, 0.717) is 26.1 Å². The second-order valence-corrected chi connectivity index (χ2v) is 8.80. The molecule has 0 bridgehead atoms. The highest BCUT2D eigenvalue weighted by Crippen LogP contribution is 2.35. The number of nitrogens with zero attached hydrogens (tertiary/aromatic N) is 2. The summed E-state index contributed by atoms with van der Waals surface area (Å²) in [6, 6.07) is 24.3. The van der Waals surface area contributed by atoms with Crippen LogP contribution >= 0.6 is 0 Å². The third kappa shape index (κ3) is 5.48. The zero-order chi connectivity index (χ0) is 23.1. The van der Waals surface area contributed by atoms with Gasteiger partial charge in [-0.3, -0.25) is 14.6 Å². The molecular formula is C28H31N3O2.